The zero-order chi connectivity index (χ0) is 23.5. The molecule has 0 bridgehead atoms. The largest absolute Gasteiger partial charge is 0.497 e. The number of nitrogens with one attached hydrogen (secondary N) is 1. The van der Waals surface area contributed by atoms with Crippen molar-refractivity contribution in [1.82, 2.24) is 10.3 Å². The molecule has 1 aliphatic rings. The molecule has 3 aromatic carbocycles. The molecule has 1 aliphatic heterocycles. The van der Waals surface area contributed by atoms with E-state index in [0.29, 0.717) is 18.0 Å². The Labute approximate surface area is 199 Å². The lowest BCUT2D eigenvalue weighted by atomic mass is 10.1. The molecule has 6 heteroatoms. The van der Waals surface area contributed by atoms with Crippen LogP contribution >= 0.6 is 0 Å². The maximum atomic E-state index is 12.6. The summed E-state index contributed by atoms with van der Waals surface area (Å²) in [7, 11) is 1.63. The Morgan fingerprint density at radius 2 is 1.91 bits per heavy atom. The van der Waals surface area contributed by atoms with Gasteiger partial charge >= 0.3 is 0 Å². The van der Waals surface area contributed by atoms with Crippen LogP contribution in [0.4, 0.5) is 5.69 Å². The maximum absolute atomic E-state index is 12.6. The van der Waals surface area contributed by atoms with Crippen LogP contribution in [-0.4, -0.2) is 24.5 Å². The normalized spacial score (nSPS) is 12.5. The molecule has 0 fully saturated rings. The molecule has 0 saturated carbocycles. The number of oxazole rings is 1. The SMILES string of the molecule is COc1cccc(CNC(=O)c2ccc(-c3nc(CN4CCc5ccccc54)c(C)o3)cc2)c1. The molecule has 1 N–H and O–H groups in total. The van der Waals surface area contributed by atoms with E-state index in [4.69, 9.17) is 14.1 Å². The van der Waals surface area contributed by atoms with Crippen LogP contribution in [-0.2, 0) is 19.5 Å². The number of rotatable bonds is 7. The van der Waals surface area contributed by atoms with E-state index in [1.54, 1.807) is 19.2 Å². The van der Waals surface area contributed by atoms with Crippen LogP contribution < -0.4 is 15.0 Å². The molecule has 0 spiro atoms. The van der Waals surface area contributed by atoms with Crippen LogP contribution in [0.1, 0.15) is 32.9 Å². The van der Waals surface area contributed by atoms with E-state index in [2.05, 4.69) is 34.5 Å². The van der Waals surface area contributed by atoms with Crippen molar-refractivity contribution in [2.75, 3.05) is 18.6 Å². The third kappa shape index (κ3) is 4.53. The highest BCUT2D eigenvalue weighted by atomic mass is 16.5. The summed E-state index contributed by atoms with van der Waals surface area (Å²) in [5, 5.41) is 2.95. The fraction of sp³-hybridized carbons (Fsp3) is 0.214. The van der Waals surface area contributed by atoms with Gasteiger partial charge in [0.25, 0.3) is 5.91 Å². The summed E-state index contributed by atoms with van der Waals surface area (Å²) in [5.74, 6) is 2.03. The number of para-hydroxylation sites is 1. The number of nitrogens with zero attached hydrogens (tertiary/aromatic N) is 2. The number of hydrogen-bond donors (Lipinski definition) is 1. The van der Waals surface area contributed by atoms with E-state index in [1.807, 2.05) is 43.3 Å². The lowest BCUT2D eigenvalue weighted by Crippen LogP contribution is -2.22. The summed E-state index contributed by atoms with van der Waals surface area (Å²) in [6.45, 7) is 4.09. The van der Waals surface area contributed by atoms with E-state index >= 15 is 0 Å². The summed E-state index contributed by atoms with van der Waals surface area (Å²) in [6.07, 6.45) is 1.06. The summed E-state index contributed by atoms with van der Waals surface area (Å²) in [5.41, 5.74) is 6.00. The van der Waals surface area contributed by atoms with Crippen LogP contribution in [0.15, 0.2) is 77.2 Å². The number of carbonyl (C=O) groups excluding carboxylic acids is 1. The van der Waals surface area contributed by atoms with Crippen molar-refractivity contribution >= 4 is 11.6 Å². The van der Waals surface area contributed by atoms with Gasteiger partial charge < -0.3 is 19.4 Å². The first-order chi connectivity index (χ1) is 16.6. The van der Waals surface area contributed by atoms with Crippen LogP contribution in [0.2, 0.25) is 0 Å². The summed E-state index contributed by atoms with van der Waals surface area (Å²) in [4.78, 5) is 19.7. The highest BCUT2D eigenvalue weighted by molar-refractivity contribution is 5.94. The molecule has 0 unspecified atom stereocenters. The molecule has 172 valence electrons. The van der Waals surface area contributed by atoms with Gasteiger partial charge in [-0.3, -0.25) is 4.79 Å². The molecule has 6 nitrogen and oxygen atoms in total. The van der Waals surface area contributed by atoms with Crippen molar-refractivity contribution < 1.29 is 13.9 Å². The highest BCUT2D eigenvalue weighted by Gasteiger charge is 2.21. The lowest BCUT2D eigenvalue weighted by Gasteiger charge is -2.17. The van der Waals surface area contributed by atoms with E-state index < -0.39 is 0 Å². The quantitative estimate of drug-likeness (QED) is 0.419. The second kappa shape index (κ2) is 9.43. The fourth-order valence-corrected chi connectivity index (χ4v) is 4.28. The Morgan fingerprint density at radius 3 is 2.74 bits per heavy atom. The van der Waals surface area contributed by atoms with Gasteiger partial charge in [-0.05, 0) is 66.9 Å². The van der Waals surface area contributed by atoms with Crippen molar-refractivity contribution in [2.24, 2.45) is 0 Å². The van der Waals surface area contributed by atoms with Gasteiger partial charge in [-0.25, -0.2) is 4.98 Å². The first-order valence-corrected chi connectivity index (χ1v) is 11.4. The Morgan fingerprint density at radius 1 is 1.09 bits per heavy atom. The van der Waals surface area contributed by atoms with Gasteiger partial charge in [0.2, 0.25) is 5.89 Å². The number of anilines is 1. The molecule has 0 aliphatic carbocycles. The number of methoxy groups -OCH3 is 1. The third-order valence-corrected chi connectivity index (χ3v) is 6.20. The number of fused-ring (bicyclic) bond motifs is 1. The van der Waals surface area contributed by atoms with Crippen LogP contribution in [0, 0.1) is 6.92 Å². The van der Waals surface area contributed by atoms with E-state index in [-0.39, 0.29) is 5.91 Å². The van der Waals surface area contributed by atoms with Gasteiger partial charge in [-0.2, -0.15) is 0 Å². The summed E-state index contributed by atoms with van der Waals surface area (Å²) < 4.78 is 11.2. The molecule has 0 atom stereocenters. The minimum absolute atomic E-state index is 0.133. The molecule has 5 rings (SSSR count). The molecule has 4 aromatic rings. The fourth-order valence-electron chi connectivity index (χ4n) is 4.28. The van der Waals surface area contributed by atoms with E-state index in [1.165, 1.54) is 11.3 Å². The smallest absolute Gasteiger partial charge is 0.251 e. The molecule has 1 aromatic heterocycles. The number of benzene rings is 3. The summed E-state index contributed by atoms with van der Waals surface area (Å²) >= 11 is 0. The van der Waals surface area contributed by atoms with Crippen LogP contribution in [0.5, 0.6) is 5.75 Å². The molecule has 1 amide bonds. The average Bonchev–Trinajstić information content (AvgIpc) is 3.46. The Balaban J connectivity index is 1.24. The minimum atomic E-state index is -0.133. The minimum Gasteiger partial charge on any atom is -0.497 e. The number of amides is 1. The number of hydrogen-bond acceptors (Lipinski definition) is 5. The first kappa shape index (κ1) is 21.8. The molecular formula is C28H27N3O3. The Kier molecular flexibility index (Phi) is 6.04. The van der Waals surface area contributed by atoms with Crippen molar-refractivity contribution in [1.29, 1.82) is 0 Å². The topological polar surface area (TPSA) is 67.6 Å². The standard InChI is InChI=1S/C28H27N3O3/c1-19-25(18-31-15-14-21-7-3-4-9-26(21)31)30-28(34-19)23-12-10-22(11-13-23)27(32)29-17-20-6-5-8-24(16-20)33-2/h3-13,16H,14-15,17-18H2,1-2H3,(H,29,32). The number of aryl methyl sites for hydroxylation is 1. The second-order valence-corrected chi connectivity index (χ2v) is 8.43. The average molecular weight is 454 g/mol. The van der Waals surface area contributed by atoms with Crippen molar-refractivity contribution in [3.8, 4) is 17.2 Å². The third-order valence-electron chi connectivity index (χ3n) is 6.20. The van der Waals surface area contributed by atoms with Crippen LogP contribution in [0.25, 0.3) is 11.5 Å². The molecular weight excluding hydrogens is 426 g/mol. The maximum Gasteiger partial charge on any atom is 0.251 e. The molecule has 0 radical (unpaired) electrons. The molecule has 0 saturated heterocycles. The van der Waals surface area contributed by atoms with Crippen molar-refractivity contribution in [3.05, 3.63) is 101 Å². The number of carbonyl (C=O) groups is 1. The van der Waals surface area contributed by atoms with Gasteiger partial charge in [0.15, 0.2) is 0 Å². The zero-order valence-corrected chi connectivity index (χ0v) is 19.4. The monoisotopic (exact) mass is 453 g/mol. The Bertz CT molecular complexity index is 1310. The van der Waals surface area contributed by atoms with E-state index in [0.717, 1.165) is 47.8 Å². The van der Waals surface area contributed by atoms with E-state index in [9.17, 15) is 4.79 Å². The van der Waals surface area contributed by atoms with Crippen molar-refractivity contribution in [3.63, 3.8) is 0 Å². The number of ether oxygens (including phenoxy) is 1. The van der Waals surface area contributed by atoms with Gasteiger partial charge in [0.1, 0.15) is 17.2 Å². The first-order valence-electron chi connectivity index (χ1n) is 11.4. The highest BCUT2D eigenvalue weighted by Crippen LogP contribution is 2.30. The van der Waals surface area contributed by atoms with Gasteiger partial charge in [-0.1, -0.05) is 30.3 Å². The van der Waals surface area contributed by atoms with Crippen LogP contribution in [0.3, 0.4) is 0 Å². The van der Waals surface area contributed by atoms with Gasteiger partial charge in [0.05, 0.1) is 13.7 Å². The van der Waals surface area contributed by atoms with Gasteiger partial charge in [-0.15, -0.1) is 0 Å². The predicted octanol–water partition coefficient (Wildman–Crippen LogP) is 5.15. The van der Waals surface area contributed by atoms with Gasteiger partial charge in [0, 0.05) is 29.9 Å². The summed E-state index contributed by atoms with van der Waals surface area (Å²) in [6, 6.07) is 23.5. The molecule has 34 heavy (non-hydrogen) atoms. The molecule has 2 heterocycles. The second-order valence-electron chi connectivity index (χ2n) is 8.43. The Hall–Kier alpha value is -4.06. The van der Waals surface area contributed by atoms with Crippen molar-refractivity contribution in [2.45, 2.75) is 26.4 Å². The lowest BCUT2D eigenvalue weighted by molar-refractivity contribution is 0.0951. The number of aromatic nitrogens is 1. The zero-order valence-electron chi connectivity index (χ0n) is 19.4. The predicted molar refractivity (Wildman–Crippen MR) is 132 cm³/mol.